The van der Waals surface area contributed by atoms with E-state index in [0.717, 1.165) is 5.88 Å². The van der Waals surface area contributed by atoms with Gasteiger partial charge in [0.2, 0.25) is 0 Å². The highest BCUT2D eigenvalue weighted by Gasteiger charge is 2.30. The Morgan fingerprint density at radius 3 is 2.50 bits per heavy atom. The molecule has 0 aromatic carbocycles. The molecule has 0 saturated heterocycles. The molecule has 0 spiro atoms. The average molecular weight is 235 g/mol. The quantitative estimate of drug-likeness (QED) is 0.474. The Kier molecular flexibility index (Phi) is 6.36. The molecule has 0 bridgehead atoms. The number of hydrogen-bond acceptors (Lipinski definition) is 1. The second kappa shape index (κ2) is 7.00. The summed E-state index contributed by atoms with van der Waals surface area (Å²) in [7, 11) is 0. The Bertz CT molecular complexity index is 141. The van der Waals surface area contributed by atoms with Crippen molar-refractivity contribution in [2.75, 3.05) is 17.4 Å². The van der Waals surface area contributed by atoms with Crippen LogP contribution in [0.15, 0.2) is 0 Å². The Morgan fingerprint density at radius 1 is 1.21 bits per heavy atom. The second-order valence-electron chi connectivity index (χ2n) is 4.49. The van der Waals surface area contributed by atoms with Gasteiger partial charge >= 0.3 is 0 Å². The standard InChI is InChI=1S/C12H23ClS/c1-2-14-10-6-9-12(11-13)7-4-3-5-8-12/h2-11H2,1H3. The lowest BCUT2D eigenvalue weighted by Crippen LogP contribution is -2.26. The third-order valence-corrected chi connectivity index (χ3v) is 4.95. The van der Waals surface area contributed by atoms with E-state index in [4.69, 9.17) is 11.6 Å². The van der Waals surface area contributed by atoms with Crippen molar-refractivity contribution >= 4 is 23.4 Å². The molecule has 84 valence electrons. The average Bonchev–Trinajstić information content (AvgIpc) is 2.26. The molecule has 1 fully saturated rings. The van der Waals surface area contributed by atoms with E-state index in [9.17, 15) is 0 Å². The number of rotatable bonds is 6. The van der Waals surface area contributed by atoms with Gasteiger partial charge in [0.05, 0.1) is 0 Å². The van der Waals surface area contributed by atoms with Crippen molar-refractivity contribution in [1.29, 1.82) is 0 Å². The van der Waals surface area contributed by atoms with E-state index in [2.05, 4.69) is 18.7 Å². The predicted octanol–water partition coefficient (Wildman–Crippen LogP) is 4.71. The van der Waals surface area contributed by atoms with E-state index in [0.29, 0.717) is 5.41 Å². The molecular formula is C12H23ClS. The van der Waals surface area contributed by atoms with Crippen LogP contribution in [0.25, 0.3) is 0 Å². The Hall–Kier alpha value is 0.640. The molecule has 1 aliphatic rings. The minimum Gasteiger partial charge on any atom is -0.162 e. The zero-order valence-corrected chi connectivity index (χ0v) is 10.9. The SMILES string of the molecule is CCSCCCC1(CCl)CCCCC1. The van der Waals surface area contributed by atoms with Crippen molar-refractivity contribution in [3.8, 4) is 0 Å². The summed E-state index contributed by atoms with van der Waals surface area (Å²) in [4.78, 5) is 0. The Balaban J connectivity index is 2.22. The molecule has 0 aromatic rings. The van der Waals surface area contributed by atoms with Gasteiger partial charge in [-0.2, -0.15) is 11.8 Å². The van der Waals surface area contributed by atoms with Gasteiger partial charge in [-0.05, 0) is 42.6 Å². The molecule has 0 nitrogen and oxygen atoms in total. The summed E-state index contributed by atoms with van der Waals surface area (Å²) in [6, 6.07) is 0. The van der Waals surface area contributed by atoms with Gasteiger partial charge in [-0.15, -0.1) is 11.6 Å². The summed E-state index contributed by atoms with van der Waals surface area (Å²) in [6.07, 6.45) is 9.75. The van der Waals surface area contributed by atoms with Crippen LogP contribution in [0.1, 0.15) is 51.9 Å². The van der Waals surface area contributed by atoms with Crippen molar-refractivity contribution < 1.29 is 0 Å². The maximum atomic E-state index is 6.14. The van der Waals surface area contributed by atoms with E-state index in [1.807, 2.05) is 0 Å². The number of thioether (sulfide) groups is 1. The molecule has 0 aromatic heterocycles. The summed E-state index contributed by atoms with van der Waals surface area (Å²) in [5.74, 6) is 3.48. The fourth-order valence-corrected chi connectivity index (χ4v) is 3.48. The van der Waals surface area contributed by atoms with Crippen LogP contribution < -0.4 is 0 Å². The number of hydrogen-bond donors (Lipinski definition) is 0. The highest BCUT2D eigenvalue weighted by molar-refractivity contribution is 7.99. The first-order chi connectivity index (χ1) is 6.83. The predicted molar refractivity (Wildman–Crippen MR) is 68.5 cm³/mol. The van der Waals surface area contributed by atoms with E-state index < -0.39 is 0 Å². The molecule has 1 rings (SSSR count). The number of alkyl halides is 1. The van der Waals surface area contributed by atoms with Gasteiger partial charge in [0, 0.05) is 5.88 Å². The van der Waals surface area contributed by atoms with Gasteiger partial charge in [0.25, 0.3) is 0 Å². The molecule has 0 atom stereocenters. The first kappa shape index (κ1) is 12.7. The maximum Gasteiger partial charge on any atom is 0.0280 e. The van der Waals surface area contributed by atoms with Crippen LogP contribution in [0, 0.1) is 5.41 Å². The zero-order chi connectivity index (χ0) is 10.3. The first-order valence-corrected chi connectivity index (χ1v) is 7.66. The summed E-state index contributed by atoms with van der Waals surface area (Å²) in [5, 5.41) is 0. The van der Waals surface area contributed by atoms with Crippen molar-refractivity contribution in [2.24, 2.45) is 5.41 Å². The summed E-state index contributed by atoms with van der Waals surface area (Å²) in [6.45, 7) is 2.24. The summed E-state index contributed by atoms with van der Waals surface area (Å²) in [5.41, 5.74) is 0.522. The molecule has 14 heavy (non-hydrogen) atoms. The van der Waals surface area contributed by atoms with Gasteiger partial charge in [0.15, 0.2) is 0 Å². The Labute approximate surface area is 98.2 Å². The minimum atomic E-state index is 0.522. The molecule has 0 aliphatic heterocycles. The lowest BCUT2D eigenvalue weighted by molar-refractivity contribution is 0.202. The van der Waals surface area contributed by atoms with Gasteiger partial charge in [-0.3, -0.25) is 0 Å². The zero-order valence-electron chi connectivity index (χ0n) is 9.36. The highest BCUT2D eigenvalue weighted by Crippen LogP contribution is 2.41. The van der Waals surface area contributed by atoms with Crippen LogP contribution in [0.3, 0.4) is 0 Å². The van der Waals surface area contributed by atoms with Crippen molar-refractivity contribution in [3.63, 3.8) is 0 Å². The fourth-order valence-electron chi connectivity index (χ4n) is 2.45. The van der Waals surface area contributed by atoms with E-state index in [-0.39, 0.29) is 0 Å². The molecular weight excluding hydrogens is 212 g/mol. The Morgan fingerprint density at radius 2 is 1.93 bits per heavy atom. The topological polar surface area (TPSA) is 0 Å². The normalized spacial score (nSPS) is 21.0. The van der Waals surface area contributed by atoms with E-state index in [1.165, 1.54) is 56.5 Å². The van der Waals surface area contributed by atoms with Crippen LogP contribution in [0.2, 0.25) is 0 Å². The smallest absolute Gasteiger partial charge is 0.0280 e. The lowest BCUT2D eigenvalue weighted by Gasteiger charge is -2.35. The molecule has 0 radical (unpaired) electrons. The van der Waals surface area contributed by atoms with Crippen LogP contribution in [0.4, 0.5) is 0 Å². The molecule has 0 amide bonds. The van der Waals surface area contributed by atoms with Gasteiger partial charge in [-0.25, -0.2) is 0 Å². The first-order valence-electron chi connectivity index (χ1n) is 5.97. The summed E-state index contributed by atoms with van der Waals surface area (Å²) >= 11 is 8.21. The summed E-state index contributed by atoms with van der Waals surface area (Å²) < 4.78 is 0. The molecule has 1 aliphatic carbocycles. The van der Waals surface area contributed by atoms with E-state index in [1.54, 1.807) is 0 Å². The third-order valence-electron chi connectivity index (χ3n) is 3.40. The minimum absolute atomic E-state index is 0.522. The lowest BCUT2D eigenvalue weighted by atomic mass is 9.73. The van der Waals surface area contributed by atoms with Crippen molar-refractivity contribution in [2.45, 2.75) is 51.9 Å². The van der Waals surface area contributed by atoms with Crippen LogP contribution in [-0.2, 0) is 0 Å². The second-order valence-corrected chi connectivity index (χ2v) is 6.16. The van der Waals surface area contributed by atoms with Crippen LogP contribution in [-0.4, -0.2) is 17.4 Å². The molecule has 0 unspecified atom stereocenters. The van der Waals surface area contributed by atoms with Gasteiger partial charge in [-0.1, -0.05) is 26.2 Å². The van der Waals surface area contributed by atoms with Crippen LogP contribution >= 0.6 is 23.4 Å². The third kappa shape index (κ3) is 4.02. The molecule has 1 saturated carbocycles. The van der Waals surface area contributed by atoms with Gasteiger partial charge in [0.1, 0.15) is 0 Å². The van der Waals surface area contributed by atoms with Crippen molar-refractivity contribution in [3.05, 3.63) is 0 Å². The molecule has 0 N–H and O–H groups in total. The molecule has 2 heteroatoms. The highest BCUT2D eigenvalue weighted by atomic mass is 35.5. The fraction of sp³-hybridized carbons (Fsp3) is 1.00. The molecule has 0 heterocycles. The monoisotopic (exact) mass is 234 g/mol. The van der Waals surface area contributed by atoms with Gasteiger partial charge < -0.3 is 0 Å². The van der Waals surface area contributed by atoms with Crippen molar-refractivity contribution in [1.82, 2.24) is 0 Å². The largest absolute Gasteiger partial charge is 0.162 e. The number of halogens is 1. The maximum absolute atomic E-state index is 6.14. The van der Waals surface area contributed by atoms with E-state index >= 15 is 0 Å². The van der Waals surface area contributed by atoms with Crippen LogP contribution in [0.5, 0.6) is 0 Å².